The third-order valence-electron chi connectivity index (χ3n) is 6.79. The summed E-state index contributed by atoms with van der Waals surface area (Å²) in [5.41, 5.74) is 1.59. The molecule has 146 valence electrons. The normalized spacial score (nSPS) is 27.9. The molecule has 2 heterocycles. The van der Waals surface area contributed by atoms with Crippen molar-refractivity contribution in [3.8, 4) is 0 Å². The van der Waals surface area contributed by atoms with Gasteiger partial charge in [0.15, 0.2) is 0 Å². The van der Waals surface area contributed by atoms with Crippen molar-refractivity contribution in [3.63, 3.8) is 0 Å². The molecule has 2 atom stereocenters. The summed E-state index contributed by atoms with van der Waals surface area (Å²) in [5, 5.41) is 6.60. The van der Waals surface area contributed by atoms with Crippen molar-refractivity contribution in [3.05, 3.63) is 35.4 Å². The van der Waals surface area contributed by atoms with Crippen molar-refractivity contribution in [1.82, 2.24) is 15.5 Å². The first-order chi connectivity index (χ1) is 13.2. The lowest BCUT2D eigenvalue weighted by Crippen LogP contribution is -2.47. The van der Waals surface area contributed by atoms with Gasteiger partial charge in [-0.25, -0.2) is 0 Å². The quantitative estimate of drug-likeness (QED) is 0.858. The van der Waals surface area contributed by atoms with E-state index < -0.39 is 0 Å². The summed E-state index contributed by atoms with van der Waals surface area (Å²) < 4.78 is 0. The summed E-state index contributed by atoms with van der Waals surface area (Å²) in [5.74, 6) is 0.813. The zero-order valence-corrected chi connectivity index (χ0v) is 16.1. The molecular weight excluding hydrogens is 338 g/mol. The van der Waals surface area contributed by atoms with Crippen LogP contribution in [0.15, 0.2) is 24.3 Å². The van der Waals surface area contributed by atoms with Crippen LogP contribution in [0.25, 0.3) is 0 Å². The molecule has 1 aromatic rings. The molecule has 2 N–H and O–H groups in total. The van der Waals surface area contributed by atoms with Crippen LogP contribution in [0.4, 0.5) is 0 Å². The summed E-state index contributed by atoms with van der Waals surface area (Å²) in [7, 11) is 0. The lowest BCUT2D eigenvalue weighted by atomic mass is 9.67. The average molecular weight is 370 g/mol. The van der Waals surface area contributed by atoms with Crippen LogP contribution >= 0.6 is 0 Å². The summed E-state index contributed by atoms with van der Waals surface area (Å²) in [6.45, 7) is 4.06. The highest BCUT2D eigenvalue weighted by Gasteiger charge is 2.49. The molecule has 1 aliphatic carbocycles. The fourth-order valence-corrected chi connectivity index (χ4v) is 5.09. The molecule has 2 saturated heterocycles. The molecule has 0 spiro atoms. The number of likely N-dealkylation sites (tertiary alicyclic amines) is 1. The van der Waals surface area contributed by atoms with Crippen LogP contribution in [-0.2, 0) is 11.3 Å². The number of carbonyl (C=O) groups excluding carboxylic acids is 2. The minimum atomic E-state index is -0.206. The van der Waals surface area contributed by atoms with E-state index >= 15 is 0 Å². The zero-order chi connectivity index (χ0) is 18.7. The maximum Gasteiger partial charge on any atom is 0.253 e. The van der Waals surface area contributed by atoms with Gasteiger partial charge in [0.25, 0.3) is 5.91 Å². The largest absolute Gasteiger partial charge is 0.351 e. The van der Waals surface area contributed by atoms with Gasteiger partial charge in [0.05, 0.1) is 5.41 Å². The average Bonchev–Trinajstić information content (AvgIpc) is 3.18. The number of amides is 2. The predicted octanol–water partition coefficient (Wildman–Crippen LogP) is 2.71. The van der Waals surface area contributed by atoms with Crippen molar-refractivity contribution in [2.45, 2.75) is 51.5 Å². The van der Waals surface area contributed by atoms with Crippen LogP contribution in [0.1, 0.15) is 60.9 Å². The van der Waals surface area contributed by atoms with Gasteiger partial charge in [0.2, 0.25) is 5.91 Å². The molecule has 1 aromatic carbocycles. The van der Waals surface area contributed by atoms with E-state index in [4.69, 9.17) is 0 Å². The molecule has 5 nitrogen and oxygen atoms in total. The van der Waals surface area contributed by atoms with Crippen LogP contribution in [0.2, 0.25) is 0 Å². The molecule has 1 saturated carbocycles. The Morgan fingerprint density at radius 1 is 1.07 bits per heavy atom. The highest BCUT2D eigenvalue weighted by molar-refractivity contribution is 5.94. The number of nitrogens with one attached hydrogen (secondary N) is 2. The maximum absolute atomic E-state index is 12.9. The molecule has 0 aromatic heterocycles. The first-order valence-electron chi connectivity index (χ1n) is 10.6. The second-order valence-corrected chi connectivity index (χ2v) is 8.46. The predicted molar refractivity (Wildman–Crippen MR) is 105 cm³/mol. The molecule has 27 heavy (non-hydrogen) atoms. The Morgan fingerprint density at radius 3 is 2.63 bits per heavy atom. The van der Waals surface area contributed by atoms with Gasteiger partial charge >= 0.3 is 0 Å². The second-order valence-electron chi connectivity index (χ2n) is 8.46. The Labute approximate surface area is 161 Å². The molecule has 0 bridgehead atoms. The molecular formula is C22H31N3O2. The number of rotatable bonds is 4. The molecule has 2 amide bonds. The SMILES string of the molecule is O=C(c1ccc(CNC(=O)[C@@]23CCCC[C@H]2CNC3)cc1)N1CCCCC1. The van der Waals surface area contributed by atoms with Gasteiger partial charge in [-0.05, 0) is 62.3 Å². The second kappa shape index (κ2) is 8.01. The van der Waals surface area contributed by atoms with Crippen LogP contribution in [-0.4, -0.2) is 42.9 Å². The Hall–Kier alpha value is -1.88. The first kappa shape index (κ1) is 18.5. The van der Waals surface area contributed by atoms with Gasteiger partial charge in [-0.3, -0.25) is 9.59 Å². The van der Waals surface area contributed by atoms with Crippen LogP contribution < -0.4 is 10.6 Å². The van der Waals surface area contributed by atoms with Gasteiger partial charge in [-0.15, -0.1) is 0 Å². The summed E-state index contributed by atoms with van der Waals surface area (Å²) in [6, 6.07) is 7.75. The Kier molecular flexibility index (Phi) is 5.48. The zero-order valence-electron chi connectivity index (χ0n) is 16.1. The van der Waals surface area contributed by atoms with Crippen molar-refractivity contribution in [1.29, 1.82) is 0 Å². The minimum absolute atomic E-state index is 0.131. The number of nitrogens with zero attached hydrogens (tertiary/aromatic N) is 1. The number of benzene rings is 1. The van der Waals surface area contributed by atoms with E-state index in [0.29, 0.717) is 12.5 Å². The molecule has 0 unspecified atom stereocenters. The number of carbonyl (C=O) groups is 2. The van der Waals surface area contributed by atoms with E-state index in [2.05, 4.69) is 10.6 Å². The van der Waals surface area contributed by atoms with E-state index in [0.717, 1.165) is 69.4 Å². The van der Waals surface area contributed by atoms with Gasteiger partial charge in [0, 0.05) is 31.7 Å². The van der Waals surface area contributed by atoms with E-state index in [-0.39, 0.29) is 17.2 Å². The van der Waals surface area contributed by atoms with E-state index in [9.17, 15) is 9.59 Å². The molecule has 2 aliphatic heterocycles. The van der Waals surface area contributed by atoms with Gasteiger partial charge in [-0.1, -0.05) is 25.0 Å². The molecule has 3 fully saturated rings. The number of fused-ring (bicyclic) bond motifs is 1. The Morgan fingerprint density at radius 2 is 1.85 bits per heavy atom. The van der Waals surface area contributed by atoms with Gasteiger partial charge in [0.1, 0.15) is 0 Å². The van der Waals surface area contributed by atoms with Gasteiger partial charge < -0.3 is 15.5 Å². The lowest BCUT2D eigenvalue weighted by Gasteiger charge is -2.37. The van der Waals surface area contributed by atoms with Crippen LogP contribution in [0.3, 0.4) is 0 Å². The highest BCUT2D eigenvalue weighted by atomic mass is 16.2. The standard InChI is InChI=1S/C22H31N3O2/c26-20(25-12-4-1-5-13-25)18-9-7-17(8-10-18)14-24-21(27)22-11-3-2-6-19(22)15-23-16-22/h7-10,19,23H,1-6,11-16H2,(H,24,27)/t19-,22+/m0/s1. The maximum atomic E-state index is 12.9. The Bertz CT molecular complexity index is 681. The van der Waals surface area contributed by atoms with E-state index in [1.54, 1.807) is 0 Å². The number of piperidine rings is 1. The number of hydrogen-bond acceptors (Lipinski definition) is 3. The molecule has 4 rings (SSSR count). The fraction of sp³-hybridized carbons (Fsp3) is 0.636. The smallest absolute Gasteiger partial charge is 0.253 e. The lowest BCUT2D eigenvalue weighted by molar-refractivity contribution is -0.134. The van der Waals surface area contributed by atoms with Gasteiger partial charge in [-0.2, -0.15) is 0 Å². The summed E-state index contributed by atoms with van der Waals surface area (Å²) in [4.78, 5) is 27.5. The molecule has 0 radical (unpaired) electrons. The summed E-state index contributed by atoms with van der Waals surface area (Å²) in [6.07, 6.45) is 7.99. The topological polar surface area (TPSA) is 61.4 Å². The fourth-order valence-electron chi connectivity index (χ4n) is 5.09. The molecule has 5 heteroatoms. The van der Waals surface area contributed by atoms with Crippen molar-refractivity contribution in [2.24, 2.45) is 11.3 Å². The monoisotopic (exact) mass is 369 g/mol. The minimum Gasteiger partial charge on any atom is -0.351 e. The van der Waals surface area contributed by atoms with Crippen molar-refractivity contribution >= 4 is 11.8 Å². The van der Waals surface area contributed by atoms with E-state index in [1.165, 1.54) is 12.8 Å². The molecule has 3 aliphatic rings. The number of hydrogen-bond donors (Lipinski definition) is 2. The third-order valence-corrected chi connectivity index (χ3v) is 6.79. The third kappa shape index (κ3) is 3.75. The highest BCUT2D eigenvalue weighted by Crippen LogP contribution is 2.43. The van der Waals surface area contributed by atoms with Crippen molar-refractivity contribution < 1.29 is 9.59 Å². The first-order valence-corrected chi connectivity index (χ1v) is 10.6. The van der Waals surface area contributed by atoms with Crippen molar-refractivity contribution in [2.75, 3.05) is 26.2 Å². The van der Waals surface area contributed by atoms with Crippen LogP contribution in [0, 0.1) is 11.3 Å². The van der Waals surface area contributed by atoms with E-state index in [1.807, 2.05) is 29.2 Å². The van der Waals surface area contributed by atoms with Crippen LogP contribution in [0.5, 0.6) is 0 Å². The summed E-state index contributed by atoms with van der Waals surface area (Å²) >= 11 is 0. The Balaban J connectivity index is 1.34.